The van der Waals surface area contributed by atoms with E-state index in [-0.39, 0.29) is 5.52 Å². The van der Waals surface area contributed by atoms with Gasteiger partial charge in [-0.3, -0.25) is 0 Å². The highest BCUT2D eigenvalue weighted by Gasteiger charge is 2.06. The molecule has 1 N–H and O–H groups in total. The van der Waals surface area contributed by atoms with Gasteiger partial charge in [-0.2, -0.15) is 0 Å². The van der Waals surface area contributed by atoms with Gasteiger partial charge >= 0.3 is 0 Å². The fraction of sp³-hybridized carbons (Fsp3) is 0.250. The molecular formula is C12H12F2N2. The molecule has 84 valence electrons. The molecule has 0 fully saturated rings. The lowest BCUT2D eigenvalue weighted by Crippen LogP contribution is -2.02. The fourth-order valence-electron chi connectivity index (χ4n) is 1.51. The predicted octanol–water partition coefficient (Wildman–Crippen LogP) is 3.33. The van der Waals surface area contributed by atoms with Crippen molar-refractivity contribution in [2.75, 3.05) is 11.9 Å². The highest BCUT2D eigenvalue weighted by atomic mass is 19.1. The van der Waals surface area contributed by atoms with Crippen molar-refractivity contribution >= 4 is 16.7 Å². The summed E-state index contributed by atoms with van der Waals surface area (Å²) in [7, 11) is 0. The molecule has 1 aromatic carbocycles. The van der Waals surface area contributed by atoms with Crippen LogP contribution in [0.1, 0.15) is 13.3 Å². The lowest BCUT2D eigenvalue weighted by Gasteiger charge is -2.05. The minimum atomic E-state index is -0.629. The van der Waals surface area contributed by atoms with Gasteiger partial charge in [-0.15, -0.1) is 0 Å². The summed E-state index contributed by atoms with van der Waals surface area (Å²) in [6.07, 6.45) is 0.964. The Balaban J connectivity index is 2.45. The Morgan fingerprint density at radius 2 is 2.06 bits per heavy atom. The molecule has 0 saturated heterocycles. The van der Waals surface area contributed by atoms with Crippen molar-refractivity contribution < 1.29 is 8.78 Å². The normalized spacial score (nSPS) is 10.7. The second kappa shape index (κ2) is 4.43. The van der Waals surface area contributed by atoms with E-state index in [4.69, 9.17) is 0 Å². The van der Waals surface area contributed by atoms with Gasteiger partial charge in [0.05, 0.1) is 0 Å². The molecule has 2 aromatic rings. The van der Waals surface area contributed by atoms with Crippen LogP contribution in [0.15, 0.2) is 24.3 Å². The molecule has 0 spiro atoms. The van der Waals surface area contributed by atoms with Crippen molar-refractivity contribution in [2.45, 2.75) is 13.3 Å². The molecule has 0 aliphatic carbocycles. The van der Waals surface area contributed by atoms with E-state index >= 15 is 0 Å². The number of fused-ring (bicyclic) bond motifs is 1. The molecule has 0 bridgehead atoms. The first-order chi connectivity index (χ1) is 7.70. The van der Waals surface area contributed by atoms with Crippen LogP contribution in [-0.4, -0.2) is 11.5 Å². The molecule has 16 heavy (non-hydrogen) atoms. The van der Waals surface area contributed by atoms with Crippen molar-refractivity contribution in [3.8, 4) is 0 Å². The zero-order chi connectivity index (χ0) is 11.5. The van der Waals surface area contributed by atoms with E-state index < -0.39 is 11.6 Å². The lowest BCUT2D eigenvalue weighted by atomic mass is 10.2. The average molecular weight is 222 g/mol. The van der Waals surface area contributed by atoms with Gasteiger partial charge < -0.3 is 5.32 Å². The average Bonchev–Trinajstić information content (AvgIpc) is 2.26. The number of pyridine rings is 1. The molecule has 2 nitrogen and oxygen atoms in total. The molecule has 0 amide bonds. The third-order valence-electron chi connectivity index (χ3n) is 2.27. The molecule has 0 aliphatic heterocycles. The Morgan fingerprint density at radius 1 is 1.25 bits per heavy atom. The first-order valence-corrected chi connectivity index (χ1v) is 5.20. The van der Waals surface area contributed by atoms with Crippen LogP contribution in [0.2, 0.25) is 0 Å². The molecule has 1 aromatic heterocycles. The molecule has 0 saturated carbocycles. The number of benzene rings is 1. The summed E-state index contributed by atoms with van der Waals surface area (Å²) in [5.74, 6) is -0.601. The van der Waals surface area contributed by atoms with E-state index in [2.05, 4.69) is 10.3 Å². The maximum atomic E-state index is 13.4. The monoisotopic (exact) mass is 222 g/mol. The summed E-state index contributed by atoms with van der Waals surface area (Å²) in [4.78, 5) is 4.10. The third kappa shape index (κ3) is 2.10. The number of rotatable bonds is 3. The largest absolute Gasteiger partial charge is 0.370 e. The number of anilines is 1. The molecule has 0 atom stereocenters. The van der Waals surface area contributed by atoms with E-state index in [9.17, 15) is 8.78 Å². The Labute approximate surface area is 92.3 Å². The van der Waals surface area contributed by atoms with E-state index in [0.717, 1.165) is 19.0 Å². The molecule has 0 aliphatic rings. The van der Waals surface area contributed by atoms with Gasteiger partial charge in [0.2, 0.25) is 0 Å². The second-order valence-electron chi connectivity index (χ2n) is 3.58. The first-order valence-electron chi connectivity index (χ1n) is 5.20. The van der Waals surface area contributed by atoms with Crippen molar-refractivity contribution in [1.29, 1.82) is 0 Å². The summed E-state index contributed by atoms with van der Waals surface area (Å²) < 4.78 is 26.3. The summed E-state index contributed by atoms with van der Waals surface area (Å²) >= 11 is 0. The zero-order valence-electron chi connectivity index (χ0n) is 8.93. The van der Waals surface area contributed by atoms with Gasteiger partial charge in [-0.1, -0.05) is 6.92 Å². The smallest absolute Gasteiger partial charge is 0.152 e. The molecule has 1 heterocycles. The number of hydrogen-bond acceptors (Lipinski definition) is 2. The van der Waals surface area contributed by atoms with Crippen LogP contribution in [0.3, 0.4) is 0 Å². The lowest BCUT2D eigenvalue weighted by molar-refractivity contribution is 0.590. The molecular weight excluding hydrogens is 210 g/mol. The zero-order valence-corrected chi connectivity index (χ0v) is 8.93. The van der Waals surface area contributed by atoms with E-state index in [1.165, 1.54) is 6.07 Å². The van der Waals surface area contributed by atoms with E-state index in [1.54, 1.807) is 12.1 Å². The van der Waals surface area contributed by atoms with Gasteiger partial charge in [0.15, 0.2) is 5.82 Å². The van der Waals surface area contributed by atoms with Crippen LogP contribution in [-0.2, 0) is 0 Å². The van der Waals surface area contributed by atoms with Gasteiger partial charge in [-0.05, 0) is 24.6 Å². The van der Waals surface area contributed by atoms with Gasteiger partial charge in [0, 0.05) is 18.0 Å². The van der Waals surface area contributed by atoms with Crippen molar-refractivity contribution in [3.05, 3.63) is 35.9 Å². The number of halogens is 2. The number of nitrogens with one attached hydrogen (secondary N) is 1. The standard InChI is InChI=1S/C12H12F2N2/c1-2-5-15-11-4-3-8-6-9(13)7-10(14)12(8)16-11/h3-4,6-7H,2,5H2,1H3,(H,15,16). The van der Waals surface area contributed by atoms with Crippen LogP contribution in [0.5, 0.6) is 0 Å². The van der Waals surface area contributed by atoms with Gasteiger partial charge in [0.1, 0.15) is 17.2 Å². The molecule has 0 unspecified atom stereocenters. The maximum absolute atomic E-state index is 13.4. The van der Waals surface area contributed by atoms with Crippen LogP contribution >= 0.6 is 0 Å². The summed E-state index contributed by atoms with van der Waals surface area (Å²) in [6, 6.07) is 5.50. The van der Waals surface area contributed by atoms with Crippen molar-refractivity contribution in [3.63, 3.8) is 0 Å². The first kappa shape index (κ1) is 10.8. The third-order valence-corrected chi connectivity index (χ3v) is 2.27. The second-order valence-corrected chi connectivity index (χ2v) is 3.58. The molecule has 4 heteroatoms. The summed E-state index contributed by atoms with van der Waals surface area (Å²) in [6.45, 7) is 2.81. The SMILES string of the molecule is CCCNc1ccc2cc(F)cc(F)c2n1. The summed E-state index contributed by atoms with van der Waals surface area (Å²) in [5, 5.41) is 3.53. The number of aromatic nitrogens is 1. The highest BCUT2D eigenvalue weighted by molar-refractivity contribution is 5.80. The van der Waals surface area contributed by atoms with Crippen LogP contribution in [0.25, 0.3) is 10.9 Å². The Morgan fingerprint density at radius 3 is 2.81 bits per heavy atom. The Bertz CT molecular complexity index is 512. The van der Waals surface area contributed by atoms with Gasteiger partial charge in [0.25, 0.3) is 0 Å². The molecule has 2 rings (SSSR count). The minimum Gasteiger partial charge on any atom is -0.370 e. The Kier molecular flexibility index (Phi) is 2.99. The van der Waals surface area contributed by atoms with E-state index in [1.807, 2.05) is 6.92 Å². The van der Waals surface area contributed by atoms with Crippen molar-refractivity contribution in [2.24, 2.45) is 0 Å². The van der Waals surface area contributed by atoms with E-state index in [0.29, 0.717) is 11.2 Å². The Hall–Kier alpha value is -1.71. The predicted molar refractivity (Wildman–Crippen MR) is 60.4 cm³/mol. The van der Waals surface area contributed by atoms with Crippen LogP contribution in [0.4, 0.5) is 14.6 Å². The molecule has 0 radical (unpaired) electrons. The van der Waals surface area contributed by atoms with Gasteiger partial charge in [-0.25, -0.2) is 13.8 Å². The minimum absolute atomic E-state index is 0.197. The highest BCUT2D eigenvalue weighted by Crippen LogP contribution is 2.19. The van der Waals surface area contributed by atoms with Crippen LogP contribution < -0.4 is 5.32 Å². The van der Waals surface area contributed by atoms with Crippen molar-refractivity contribution in [1.82, 2.24) is 4.98 Å². The van der Waals surface area contributed by atoms with Crippen LogP contribution in [0, 0.1) is 11.6 Å². The quantitative estimate of drug-likeness (QED) is 0.861. The number of hydrogen-bond donors (Lipinski definition) is 1. The summed E-state index contributed by atoms with van der Waals surface area (Å²) in [5.41, 5.74) is 0.197. The number of nitrogens with zero attached hydrogens (tertiary/aromatic N) is 1. The fourth-order valence-corrected chi connectivity index (χ4v) is 1.51. The maximum Gasteiger partial charge on any atom is 0.152 e. The topological polar surface area (TPSA) is 24.9 Å².